The van der Waals surface area contributed by atoms with Crippen LogP contribution in [0.3, 0.4) is 0 Å². The first-order valence-corrected chi connectivity index (χ1v) is 7.43. The summed E-state index contributed by atoms with van der Waals surface area (Å²) in [6, 6.07) is 0.565. The van der Waals surface area contributed by atoms with Crippen LogP contribution in [0.25, 0.3) is 0 Å². The maximum atomic E-state index is 6.10. The summed E-state index contributed by atoms with van der Waals surface area (Å²) >= 11 is 6.10. The van der Waals surface area contributed by atoms with E-state index in [-0.39, 0.29) is 0 Å². The van der Waals surface area contributed by atoms with Gasteiger partial charge in [0.2, 0.25) is 0 Å². The highest BCUT2D eigenvalue weighted by atomic mass is 35.5. The maximum absolute atomic E-state index is 6.10. The molecule has 3 nitrogen and oxygen atoms in total. The third-order valence-electron chi connectivity index (χ3n) is 3.96. The van der Waals surface area contributed by atoms with E-state index in [1.54, 1.807) is 0 Å². The fraction of sp³-hybridized carbons (Fsp3) is 1.00. The normalized spacial score (nSPS) is 33.5. The van der Waals surface area contributed by atoms with Crippen LogP contribution < -0.4 is 0 Å². The molecular weight excluding hydrogens is 236 g/mol. The lowest BCUT2D eigenvalue weighted by Gasteiger charge is -2.36. The first-order valence-electron chi connectivity index (χ1n) is 6.89. The van der Waals surface area contributed by atoms with E-state index >= 15 is 0 Å². The molecule has 17 heavy (non-hydrogen) atoms. The van der Waals surface area contributed by atoms with Crippen molar-refractivity contribution in [1.29, 1.82) is 0 Å². The summed E-state index contributed by atoms with van der Waals surface area (Å²) in [4.78, 5) is 4.92. The fourth-order valence-electron chi connectivity index (χ4n) is 2.89. The Balaban J connectivity index is 1.85. The van der Waals surface area contributed by atoms with Gasteiger partial charge in [-0.1, -0.05) is 12.8 Å². The van der Waals surface area contributed by atoms with Crippen LogP contribution in [0.4, 0.5) is 0 Å². The van der Waals surface area contributed by atoms with Gasteiger partial charge >= 0.3 is 0 Å². The molecule has 0 spiro atoms. The quantitative estimate of drug-likeness (QED) is 0.720. The summed E-state index contributed by atoms with van der Waals surface area (Å²) in [6.45, 7) is 5.25. The number of halogens is 1. The second-order valence-corrected chi connectivity index (χ2v) is 5.72. The summed E-state index contributed by atoms with van der Waals surface area (Å²) in [5.41, 5.74) is 0. The van der Waals surface area contributed by atoms with Gasteiger partial charge in [-0.05, 0) is 26.4 Å². The summed E-state index contributed by atoms with van der Waals surface area (Å²) in [7, 11) is 2.18. The minimum absolute atomic E-state index is 0.373. The Bertz CT molecular complexity index is 227. The van der Waals surface area contributed by atoms with Gasteiger partial charge < -0.3 is 9.64 Å². The SMILES string of the molecule is CN1CCOC(CN2CCCCCC2CCl)C1. The van der Waals surface area contributed by atoms with Crippen molar-refractivity contribution in [3.8, 4) is 0 Å². The van der Waals surface area contributed by atoms with Gasteiger partial charge in [0.05, 0.1) is 12.7 Å². The van der Waals surface area contributed by atoms with Crippen LogP contribution in [0.2, 0.25) is 0 Å². The van der Waals surface area contributed by atoms with Crippen LogP contribution in [0.5, 0.6) is 0 Å². The van der Waals surface area contributed by atoms with Gasteiger partial charge in [-0.15, -0.1) is 11.6 Å². The third-order valence-corrected chi connectivity index (χ3v) is 4.31. The molecule has 0 radical (unpaired) electrons. The molecule has 0 saturated carbocycles. The molecule has 2 unspecified atom stereocenters. The van der Waals surface area contributed by atoms with Crippen molar-refractivity contribution in [2.45, 2.75) is 37.8 Å². The van der Waals surface area contributed by atoms with Crippen molar-refractivity contribution in [3.05, 3.63) is 0 Å². The van der Waals surface area contributed by atoms with E-state index in [1.807, 2.05) is 0 Å². The molecule has 0 aromatic heterocycles. The van der Waals surface area contributed by atoms with E-state index in [0.717, 1.165) is 32.1 Å². The third kappa shape index (κ3) is 4.09. The zero-order valence-corrected chi connectivity index (χ0v) is 11.7. The molecule has 0 bridgehead atoms. The van der Waals surface area contributed by atoms with Gasteiger partial charge in [-0.3, -0.25) is 4.90 Å². The topological polar surface area (TPSA) is 15.7 Å². The average molecular weight is 261 g/mol. The standard InChI is InChI=1S/C13H25ClN2O/c1-15-7-8-17-13(10-15)11-16-6-4-2-3-5-12(16)9-14/h12-13H,2-11H2,1H3. The second kappa shape index (κ2) is 6.93. The van der Waals surface area contributed by atoms with Gasteiger partial charge in [0, 0.05) is 31.6 Å². The monoisotopic (exact) mass is 260 g/mol. The predicted octanol–water partition coefficient (Wildman–Crippen LogP) is 1.80. The zero-order valence-electron chi connectivity index (χ0n) is 10.9. The van der Waals surface area contributed by atoms with Gasteiger partial charge in [-0.25, -0.2) is 0 Å². The molecule has 100 valence electrons. The molecule has 2 atom stereocenters. The van der Waals surface area contributed by atoms with Crippen molar-refractivity contribution in [2.24, 2.45) is 0 Å². The largest absolute Gasteiger partial charge is 0.374 e. The molecule has 4 heteroatoms. The minimum atomic E-state index is 0.373. The van der Waals surface area contributed by atoms with Crippen LogP contribution in [0, 0.1) is 0 Å². The molecule has 0 amide bonds. The number of morpholine rings is 1. The lowest BCUT2D eigenvalue weighted by molar-refractivity contribution is -0.0398. The molecule has 2 saturated heterocycles. The van der Waals surface area contributed by atoms with E-state index in [4.69, 9.17) is 16.3 Å². The lowest BCUT2D eigenvalue weighted by atomic mass is 10.1. The van der Waals surface area contributed by atoms with Crippen LogP contribution in [-0.2, 0) is 4.74 Å². The highest BCUT2D eigenvalue weighted by molar-refractivity contribution is 6.18. The number of alkyl halides is 1. The van der Waals surface area contributed by atoms with Gasteiger partial charge in [0.1, 0.15) is 0 Å². The Morgan fingerprint density at radius 2 is 2.12 bits per heavy atom. The van der Waals surface area contributed by atoms with E-state index in [0.29, 0.717) is 12.1 Å². The number of nitrogens with zero attached hydrogens (tertiary/aromatic N) is 2. The molecule has 2 aliphatic heterocycles. The Labute approximate surface area is 110 Å². The summed E-state index contributed by atoms with van der Waals surface area (Å²) in [6.07, 6.45) is 5.63. The molecule has 0 aromatic rings. The number of rotatable bonds is 3. The molecule has 2 aliphatic rings. The number of hydrogen-bond acceptors (Lipinski definition) is 3. The second-order valence-electron chi connectivity index (χ2n) is 5.41. The minimum Gasteiger partial charge on any atom is -0.374 e. The summed E-state index contributed by atoms with van der Waals surface area (Å²) < 4.78 is 5.86. The molecule has 0 aromatic carbocycles. The van der Waals surface area contributed by atoms with Crippen LogP contribution in [0.15, 0.2) is 0 Å². The predicted molar refractivity (Wildman–Crippen MR) is 71.8 cm³/mol. The summed E-state index contributed by atoms with van der Waals surface area (Å²) in [5.74, 6) is 0.766. The fourth-order valence-corrected chi connectivity index (χ4v) is 3.24. The summed E-state index contributed by atoms with van der Waals surface area (Å²) in [5, 5.41) is 0. The van der Waals surface area contributed by atoms with Gasteiger partial charge in [0.15, 0.2) is 0 Å². The van der Waals surface area contributed by atoms with Crippen molar-refractivity contribution in [3.63, 3.8) is 0 Å². The van der Waals surface area contributed by atoms with Crippen molar-refractivity contribution in [1.82, 2.24) is 9.80 Å². The van der Waals surface area contributed by atoms with Crippen LogP contribution >= 0.6 is 11.6 Å². The lowest BCUT2D eigenvalue weighted by Crippen LogP contribution is -2.48. The van der Waals surface area contributed by atoms with Crippen molar-refractivity contribution >= 4 is 11.6 Å². The number of ether oxygens (including phenoxy) is 1. The molecule has 0 aliphatic carbocycles. The Kier molecular flexibility index (Phi) is 5.54. The Hall–Kier alpha value is 0.170. The van der Waals surface area contributed by atoms with E-state index < -0.39 is 0 Å². The van der Waals surface area contributed by atoms with E-state index in [2.05, 4.69) is 16.8 Å². The van der Waals surface area contributed by atoms with E-state index in [1.165, 1.54) is 32.2 Å². The highest BCUT2D eigenvalue weighted by Gasteiger charge is 2.25. The first kappa shape index (κ1) is 13.6. The smallest absolute Gasteiger partial charge is 0.0829 e. The number of likely N-dealkylation sites (tertiary alicyclic amines) is 1. The van der Waals surface area contributed by atoms with Crippen molar-refractivity contribution in [2.75, 3.05) is 45.7 Å². The van der Waals surface area contributed by atoms with Crippen molar-refractivity contribution < 1.29 is 4.74 Å². The molecular formula is C13H25ClN2O. The highest BCUT2D eigenvalue weighted by Crippen LogP contribution is 2.19. The number of likely N-dealkylation sites (N-methyl/N-ethyl adjacent to an activating group) is 1. The van der Waals surface area contributed by atoms with Gasteiger partial charge in [-0.2, -0.15) is 0 Å². The van der Waals surface area contributed by atoms with Crippen LogP contribution in [-0.4, -0.2) is 67.7 Å². The van der Waals surface area contributed by atoms with Gasteiger partial charge in [0.25, 0.3) is 0 Å². The van der Waals surface area contributed by atoms with E-state index in [9.17, 15) is 0 Å². The Morgan fingerprint density at radius 3 is 2.88 bits per heavy atom. The maximum Gasteiger partial charge on any atom is 0.0829 e. The van der Waals surface area contributed by atoms with Crippen LogP contribution in [0.1, 0.15) is 25.7 Å². The first-order chi connectivity index (χ1) is 8.29. The average Bonchev–Trinajstić information content (AvgIpc) is 2.54. The molecule has 0 N–H and O–H groups in total. The number of hydrogen-bond donors (Lipinski definition) is 0. The molecule has 2 fully saturated rings. The molecule has 2 heterocycles. The zero-order chi connectivity index (χ0) is 12.1. The molecule has 2 rings (SSSR count). The Morgan fingerprint density at radius 1 is 1.24 bits per heavy atom.